The number of nitrogens with two attached hydrogens (primary N) is 1. The molecule has 0 aliphatic heterocycles. The number of benzene rings is 1. The molecule has 5 rings (SSSR count). The number of nitrogen functional groups attached to an aromatic ring is 1. The maximum absolute atomic E-state index is 13.8. The van der Waals surface area contributed by atoms with Crippen LogP contribution in [0.25, 0.3) is 15.9 Å². The highest BCUT2D eigenvalue weighted by molar-refractivity contribution is 7.99. The molecule has 8 nitrogen and oxygen atoms in total. The highest BCUT2D eigenvalue weighted by Gasteiger charge is 2.25. The largest absolute Gasteiger partial charge is 0.368 e. The van der Waals surface area contributed by atoms with Gasteiger partial charge < -0.3 is 10.6 Å². The lowest BCUT2D eigenvalue weighted by Crippen LogP contribution is -2.22. The molecule has 33 heavy (non-hydrogen) atoms. The summed E-state index contributed by atoms with van der Waals surface area (Å²) in [6, 6.07) is 9.69. The van der Waals surface area contributed by atoms with E-state index < -0.39 is 0 Å². The SMILES string of the molecule is CC(Sc1nc2sc3c(c2c(=O)n1-c1ccccc1)CCCC3)c1nc(N)nc(N(C)C)n1. The van der Waals surface area contributed by atoms with E-state index >= 15 is 0 Å². The molecule has 0 saturated carbocycles. The lowest BCUT2D eigenvalue weighted by molar-refractivity contribution is 0.699. The summed E-state index contributed by atoms with van der Waals surface area (Å²) < 4.78 is 1.72. The zero-order valence-corrected chi connectivity index (χ0v) is 20.4. The summed E-state index contributed by atoms with van der Waals surface area (Å²) in [7, 11) is 3.72. The van der Waals surface area contributed by atoms with E-state index in [2.05, 4.69) is 15.0 Å². The van der Waals surface area contributed by atoms with Gasteiger partial charge in [0, 0.05) is 19.0 Å². The van der Waals surface area contributed by atoms with E-state index in [1.165, 1.54) is 28.6 Å². The predicted molar refractivity (Wildman–Crippen MR) is 135 cm³/mol. The van der Waals surface area contributed by atoms with Crippen LogP contribution in [0.2, 0.25) is 0 Å². The Hall–Kier alpha value is -2.98. The van der Waals surface area contributed by atoms with Gasteiger partial charge in [-0.2, -0.15) is 15.0 Å². The molecule has 3 heterocycles. The Balaban J connectivity index is 1.65. The fourth-order valence-electron chi connectivity index (χ4n) is 4.06. The summed E-state index contributed by atoms with van der Waals surface area (Å²) in [5.74, 6) is 1.22. The third-order valence-corrected chi connectivity index (χ3v) is 7.91. The van der Waals surface area contributed by atoms with Gasteiger partial charge in [-0.3, -0.25) is 9.36 Å². The summed E-state index contributed by atoms with van der Waals surface area (Å²) in [4.78, 5) is 35.8. The second kappa shape index (κ2) is 8.75. The van der Waals surface area contributed by atoms with Gasteiger partial charge in [-0.1, -0.05) is 30.0 Å². The molecule has 1 aliphatic carbocycles. The molecule has 2 N–H and O–H groups in total. The van der Waals surface area contributed by atoms with Crippen LogP contribution in [0.4, 0.5) is 11.9 Å². The van der Waals surface area contributed by atoms with Crippen molar-refractivity contribution < 1.29 is 0 Å². The first kappa shape index (κ1) is 21.8. The van der Waals surface area contributed by atoms with Crippen molar-refractivity contribution in [2.24, 2.45) is 0 Å². The van der Waals surface area contributed by atoms with Crippen LogP contribution in [0.1, 0.15) is 41.3 Å². The average molecular weight is 480 g/mol. The van der Waals surface area contributed by atoms with Crippen LogP contribution in [0.15, 0.2) is 40.3 Å². The molecule has 4 aromatic rings. The molecule has 1 atom stereocenters. The third-order valence-electron chi connectivity index (χ3n) is 5.68. The van der Waals surface area contributed by atoms with Crippen LogP contribution in [0.3, 0.4) is 0 Å². The van der Waals surface area contributed by atoms with E-state index in [1.807, 2.05) is 51.4 Å². The molecule has 3 aromatic heterocycles. The van der Waals surface area contributed by atoms with Gasteiger partial charge in [0.15, 0.2) is 5.16 Å². The molecular weight excluding hydrogens is 454 g/mol. The topological polar surface area (TPSA) is 103 Å². The first-order chi connectivity index (χ1) is 15.9. The van der Waals surface area contributed by atoms with Gasteiger partial charge in [-0.05, 0) is 50.3 Å². The van der Waals surface area contributed by atoms with E-state index in [9.17, 15) is 4.79 Å². The highest BCUT2D eigenvalue weighted by Crippen LogP contribution is 2.38. The predicted octanol–water partition coefficient (Wildman–Crippen LogP) is 4.01. The fraction of sp³-hybridized carbons (Fsp3) is 0.348. The standard InChI is InChI=1S/C23H25N7OS2/c1-13(18-25-21(24)28-22(26-18)29(2)3)32-23-27-19-17(15-11-7-8-12-16(15)33-19)20(31)30(23)14-9-5-4-6-10-14/h4-6,9-10,13H,7-8,11-12H2,1-3H3,(H2,24,25,26,28). The highest BCUT2D eigenvalue weighted by atomic mass is 32.2. The van der Waals surface area contributed by atoms with Crippen molar-refractivity contribution in [3.05, 3.63) is 57.0 Å². The van der Waals surface area contributed by atoms with E-state index in [0.717, 1.165) is 35.2 Å². The molecule has 10 heteroatoms. The van der Waals surface area contributed by atoms with Crippen LogP contribution < -0.4 is 16.2 Å². The van der Waals surface area contributed by atoms with Gasteiger partial charge in [0.2, 0.25) is 11.9 Å². The molecule has 0 saturated heterocycles. The second-order valence-corrected chi connectivity index (χ2v) is 10.7. The minimum Gasteiger partial charge on any atom is -0.368 e. The maximum Gasteiger partial charge on any atom is 0.267 e. The van der Waals surface area contributed by atoms with E-state index in [-0.39, 0.29) is 16.8 Å². The number of thioether (sulfide) groups is 1. The molecule has 0 fully saturated rings. The normalized spacial score (nSPS) is 14.3. The summed E-state index contributed by atoms with van der Waals surface area (Å²) in [5, 5.41) is 1.20. The van der Waals surface area contributed by atoms with Crippen molar-refractivity contribution in [3.63, 3.8) is 0 Å². The average Bonchev–Trinajstić information content (AvgIpc) is 3.18. The fourth-order valence-corrected chi connectivity index (χ4v) is 6.33. The summed E-state index contributed by atoms with van der Waals surface area (Å²) in [6.45, 7) is 1.99. The Morgan fingerprint density at radius 1 is 1.09 bits per heavy atom. The smallest absolute Gasteiger partial charge is 0.267 e. The number of rotatable bonds is 5. The Kier molecular flexibility index (Phi) is 5.79. The van der Waals surface area contributed by atoms with Crippen molar-refractivity contribution in [2.45, 2.75) is 43.0 Å². The summed E-state index contributed by atoms with van der Waals surface area (Å²) in [5.41, 5.74) is 7.91. The number of thiophene rings is 1. The van der Waals surface area contributed by atoms with Gasteiger partial charge >= 0.3 is 0 Å². The molecule has 1 aromatic carbocycles. The first-order valence-corrected chi connectivity index (χ1v) is 12.6. The van der Waals surface area contributed by atoms with E-state index in [1.54, 1.807) is 20.8 Å². The second-order valence-electron chi connectivity index (χ2n) is 8.27. The van der Waals surface area contributed by atoms with E-state index in [4.69, 9.17) is 10.7 Å². The van der Waals surface area contributed by atoms with E-state index in [0.29, 0.717) is 16.9 Å². The number of aromatic nitrogens is 5. The minimum absolute atomic E-state index is 0.00978. The molecule has 0 radical (unpaired) electrons. The lowest BCUT2D eigenvalue weighted by Gasteiger charge is -2.17. The van der Waals surface area contributed by atoms with Crippen molar-refractivity contribution in [2.75, 3.05) is 24.7 Å². The Morgan fingerprint density at radius 2 is 1.85 bits per heavy atom. The van der Waals surface area contributed by atoms with Crippen LogP contribution in [-0.2, 0) is 12.8 Å². The zero-order valence-electron chi connectivity index (χ0n) is 18.8. The number of anilines is 2. The van der Waals surface area contributed by atoms with Gasteiger partial charge in [0.25, 0.3) is 5.56 Å². The molecular formula is C23H25N7OS2. The Labute approximate surface area is 199 Å². The van der Waals surface area contributed by atoms with Gasteiger partial charge in [-0.25, -0.2) is 4.98 Å². The lowest BCUT2D eigenvalue weighted by atomic mass is 9.97. The van der Waals surface area contributed by atoms with Crippen LogP contribution in [-0.4, -0.2) is 38.6 Å². The zero-order chi connectivity index (χ0) is 23.1. The van der Waals surface area contributed by atoms with Gasteiger partial charge in [0.05, 0.1) is 16.3 Å². The number of para-hydroxylation sites is 1. The van der Waals surface area contributed by atoms with Crippen molar-refractivity contribution in [1.29, 1.82) is 0 Å². The minimum atomic E-state index is -0.192. The van der Waals surface area contributed by atoms with Gasteiger partial charge in [0.1, 0.15) is 10.7 Å². The third kappa shape index (κ3) is 4.08. The van der Waals surface area contributed by atoms with Crippen LogP contribution >= 0.6 is 23.1 Å². The molecule has 1 unspecified atom stereocenters. The van der Waals surface area contributed by atoms with Crippen LogP contribution in [0, 0.1) is 0 Å². The maximum atomic E-state index is 13.8. The number of fused-ring (bicyclic) bond motifs is 3. The van der Waals surface area contributed by atoms with Crippen molar-refractivity contribution in [1.82, 2.24) is 24.5 Å². The molecule has 0 bridgehead atoms. The molecule has 0 amide bonds. The summed E-state index contributed by atoms with van der Waals surface area (Å²) in [6.07, 6.45) is 4.26. The number of aryl methyl sites for hydroxylation is 2. The monoisotopic (exact) mass is 479 g/mol. The number of nitrogens with zero attached hydrogens (tertiary/aromatic N) is 6. The molecule has 1 aliphatic rings. The molecule has 0 spiro atoms. The van der Waals surface area contributed by atoms with Crippen molar-refractivity contribution in [3.8, 4) is 5.69 Å². The Bertz CT molecular complexity index is 1380. The first-order valence-electron chi connectivity index (χ1n) is 10.9. The van der Waals surface area contributed by atoms with Crippen LogP contribution in [0.5, 0.6) is 0 Å². The van der Waals surface area contributed by atoms with Gasteiger partial charge in [-0.15, -0.1) is 11.3 Å². The van der Waals surface area contributed by atoms with Crippen molar-refractivity contribution >= 4 is 45.2 Å². The number of hydrogen-bond donors (Lipinski definition) is 1. The number of hydrogen-bond acceptors (Lipinski definition) is 9. The molecule has 170 valence electrons. The summed E-state index contributed by atoms with van der Waals surface area (Å²) >= 11 is 3.11. The quantitative estimate of drug-likeness (QED) is 0.338. The Morgan fingerprint density at radius 3 is 2.61 bits per heavy atom.